The Hall–Kier alpha value is -2.37. The van der Waals surface area contributed by atoms with E-state index in [1.165, 1.54) is 0 Å². The van der Waals surface area contributed by atoms with Crippen LogP contribution in [-0.2, 0) is 14.3 Å². The predicted octanol–water partition coefficient (Wildman–Crippen LogP) is 2.50. The highest BCUT2D eigenvalue weighted by atomic mass is 16.5. The molecule has 1 rings (SSSR count). The fourth-order valence-electron chi connectivity index (χ4n) is 1.98. The second-order valence-corrected chi connectivity index (χ2v) is 5.05. The third-order valence-corrected chi connectivity index (χ3v) is 3.12. The van der Waals surface area contributed by atoms with E-state index in [1.54, 1.807) is 31.2 Å². The van der Waals surface area contributed by atoms with E-state index in [-0.39, 0.29) is 24.5 Å². The maximum atomic E-state index is 11.9. The molecule has 23 heavy (non-hydrogen) atoms. The minimum atomic E-state index is -0.507. The van der Waals surface area contributed by atoms with E-state index in [1.807, 2.05) is 0 Å². The summed E-state index contributed by atoms with van der Waals surface area (Å²) < 4.78 is 4.94. The van der Waals surface area contributed by atoms with E-state index in [0.29, 0.717) is 12.2 Å². The standard InChI is InChI=1S/C17H24N2O4/c1-3-5-8-11-18-15(20)12-16(21)19-14-10-7-6-9-13(14)17(22)23-4-2/h6-7,9-10H,3-5,8,11-12H2,1-2H3,(H,18,20)(H,19,21). The van der Waals surface area contributed by atoms with Crippen LogP contribution in [0.5, 0.6) is 0 Å². The van der Waals surface area contributed by atoms with Crippen LogP contribution in [0.15, 0.2) is 24.3 Å². The molecule has 0 fully saturated rings. The zero-order valence-electron chi connectivity index (χ0n) is 13.7. The molecule has 6 heteroatoms. The summed E-state index contributed by atoms with van der Waals surface area (Å²) in [5.41, 5.74) is 0.612. The Labute approximate surface area is 136 Å². The predicted molar refractivity (Wildman–Crippen MR) is 88.2 cm³/mol. The number of para-hydroxylation sites is 1. The van der Waals surface area contributed by atoms with E-state index in [0.717, 1.165) is 19.3 Å². The molecule has 0 atom stereocenters. The van der Waals surface area contributed by atoms with Gasteiger partial charge in [0, 0.05) is 6.54 Å². The summed E-state index contributed by atoms with van der Waals surface area (Å²) in [5.74, 6) is -1.30. The number of ether oxygens (including phenoxy) is 1. The lowest BCUT2D eigenvalue weighted by Crippen LogP contribution is -2.29. The maximum Gasteiger partial charge on any atom is 0.340 e. The smallest absolute Gasteiger partial charge is 0.340 e. The minimum Gasteiger partial charge on any atom is -0.462 e. The van der Waals surface area contributed by atoms with Crippen LogP contribution in [0.4, 0.5) is 5.69 Å². The SMILES string of the molecule is CCCCCNC(=O)CC(=O)Nc1ccccc1C(=O)OCC. The molecule has 0 aromatic heterocycles. The van der Waals surface area contributed by atoms with E-state index in [4.69, 9.17) is 4.74 Å². The summed E-state index contributed by atoms with van der Waals surface area (Å²) in [6.07, 6.45) is 2.74. The van der Waals surface area contributed by atoms with Crippen molar-refractivity contribution in [2.75, 3.05) is 18.5 Å². The Morgan fingerprint density at radius 1 is 1.04 bits per heavy atom. The number of rotatable bonds is 9. The van der Waals surface area contributed by atoms with Crippen LogP contribution in [0.3, 0.4) is 0 Å². The Kier molecular flexibility index (Phi) is 8.42. The molecule has 0 saturated heterocycles. The second kappa shape index (κ2) is 10.4. The highest BCUT2D eigenvalue weighted by Crippen LogP contribution is 2.16. The van der Waals surface area contributed by atoms with Crippen molar-refractivity contribution in [3.05, 3.63) is 29.8 Å². The van der Waals surface area contributed by atoms with Gasteiger partial charge in [-0.1, -0.05) is 31.9 Å². The summed E-state index contributed by atoms with van der Waals surface area (Å²) in [5, 5.41) is 5.28. The van der Waals surface area contributed by atoms with Crippen LogP contribution in [0.1, 0.15) is 49.9 Å². The zero-order chi connectivity index (χ0) is 17.1. The molecular weight excluding hydrogens is 296 g/mol. The normalized spacial score (nSPS) is 10.0. The van der Waals surface area contributed by atoms with Crippen molar-refractivity contribution in [3.8, 4) is 0 Å². The molecular formula is C17H24N2O4. The van der Waals surface area contributed by atoms with E-state index in [2.05, 4.69) is 17.6 Å². The van der Waals surface area contributed by atoms with Crippen LogP contribution < -0.4 is 10.6 Å². The molecule has 0 heterocycles. The van der Waals surface area contributed by atoms with Gasteiger partial charge in [0.25, 0.3) is 0 Å². The highest BCUT2D eigenvalue weighted by molar-refractivity contribution is 6.06. The lowest BCUT2D eigenvalue weighted by atomic mass is 10.1. The van der Waals surface area contributed by atoms with Gasteiger partial charge in [-0.25, -0.2) is 4.79 Å². The third kappa shape index (κ3) is 6.95. The summed E-state index contributed by atoms with van der Waals surface area (Å²) in [7, 11) is 0. The van der Waals surface area contributed by atoms with Gasteiger partial charge < -0.3 is 15.4 Å². The maximum absolute atomic E-state index is 11.9. The number of carbonyl (C=O) groups is 3. The topological polar surface area (TPSA) is 84.5 Å². The van der Waals surface area contributed by atoms with Gasteiger partial charge in [-0.3, -0.25) is 9.59 Å². The number of esters is 1. The van der Waals surface area contributed by atoms with Crippen molar-refractivity contribution in [1.29, 1.82) is 0 Å². The number of benzene rings is 1. The van der Waals surface area contributed by atoms with Crippen LogP contribution in [0.25, 0.3) is 0 Å². The fourth-order valence-corrected chi connectivity index (χ4v) is 1.98. The van der Waals surface area contributed by atoms with Crippen molar-refractivity contribution < 1.29 is 19.1 Å². The second-order valence-electron chi connectivity index (χ2n) is 5.05. The van der Waals surface area contributed by atoms with Gasteiger partial charge in [0.15, 0.2) is 0 Å². The molecule has 2 amide bonds. The van der Waals surface area contributed by atoms with Crippen LogP contribution in [-0.4, -0.2) is 30.9 Å². The average Bonchev–Trinajstić information content (AvgIpc) is 2.52. The van der Waals surface area contributed by atoms with E-state index >= 15 is 0 Å². The van der Waals surface area contributed by atoms with Crippen LogP contribution in [0, 0.1) is 0 Å². The lowest BCUT2D eigenvalue weighted by molar-refractivity contribution is -0.126. The van der Waals surface area contributed by atoms with Crippen molar-refractivity contribution in [1.82, 2.24) is 5.32 Å². The monoisotopic (exact) mass is 320 g/mol. The molecule has 0 bridgehead atoms. The first-order valence-corrected chi connectivity index (χ1v) is 7.91. The molecule has 0 spiro atoms. The summed E-state index contributed by atoms with van der Waals surface area (Å²) in [6, 6.07) is 6.55. The fraction of sp³-hybridized carbons (Fsp3) is 0.471. The first kappa shape index (κ1) is 18.7. The number of unbranched alkanes of at least 4 members (excludes halogenated alkanes) is 2. The van der Waals surface area contributed by atoms with Gasteiger partial charge in [-0.2, -0.15) is 0 Å². The van der Waals surface area contributed by atoms with Crippen molar-refractivity contribution in [2.24, 2.45) is 0 Å². The molecule has 126 valence electrons. The zero-order valence-corrected chi connectivity index (χ0v) is 13.7. The Morgan fingerprint density at radius 3 is 2.48 bits per heavy atom. The number of hydrogen-bond acceptors (Lipinski definition) is 4. The van der Waals surface area contributed by atoms with Crippen LogP contribution in [0.2, 0.25) is 0 Å². The molecule has 0 unspecified atom stereocenters. The van der Waals surface area contributed by atoms with Crippen molar-refractivity contribution in [3.63, 3.8) is 0 Å². The molecule has 6 nitrogen and oxygen atoms in total. The number of carbonyl (C=O) groups excluding carboxylic acids is 3. The lowest BCUT2D eigenvalue weighted by Gasteiger charge is -2.10. The molecule has 0 aliphatic rings. The summed E-state index contributed by atoms with van der Waals surface area (Å²) in [4.78, 5) is 35.4. The average molecular weight is 320 g/mol. The largest absolute Gasteiger partial charge is 0.462 e. The minimum absolute atomic E-state index is 0.251. The van der Waals surface area contributed by atoms with E-state index < -0.39 is 11.9 Å². The molecule has 0 radical (unpaired) electrons. The molecule has 0 aliphatic heterocycles. The Bertz CT molecular complexity index is 543. The summed E-state index contributed by atoms with van der Waals surface area (Å²) >= 11 is 0. The van der Waals surface area contributed by atoms with Crippen LogP contribution >= 0.6 is 0 Å². The molecule has 1 aromatic carbocycles. The van der Waals surface area contributed by atoms with Gasteiger partial charge >= 0.3 is 5.97 Å². The Balaban J connectivity index is 2.54. The first-order chi connectivity index (χ1) is 11.1. The van der Waals surface area contributed by atoms with Gasteiger partial charge in [-0.15, -0.1) is 0 Å². The quantitative estimate of drug-likeness (QED) is 0.416. The third-order valence-electron chi connectivity index (χ3n) is 3.12. The number of hydrogen-bond donors (Lipinski definition) is 2. The molecule has 2 N–H and O–H groups in total. The Morgan fingerprint density at radius 2 is 1.78 bits per heavy atom. The highest BCUT2D eigenvalue weighted by Gasteiger charge is 2.15. The van der Waals surface area contributed by atoms with Gasteiger partial charge in [0.2, 0.25) is 11.8 Å². The van der Waals surface area contributed by atoms with Gasteiger partial charge in [0.1, 0.15) is 6.42 Å². The summed E-state index contributed by atoms with van der Waals surface area (Å²) in [6.45, 7) is 4.61. The van der Waals surface area contributed by atoms with Crippen molar-refractivity contribution in [2.45, 2.75) is 39.5 Å². The van der Waals surface area contributed by atoms with Gasteiger partial charge in [0.05, 0.1) is 17.9 Å². The number of anilines is 1. The molecule has 1 aromatic rings. The molecule has 0 saturated carbocycles. The number of nitrogens with one attached hydrogen (secondary N) is 2. The molecule has 0 aliphatic carbocycles. The van der Waals surface area contributed by atoms with Crippen molar-refractivity contribution >= 4 is 23.5 Å². The first-order valence-electron chi connectivity index (χ1n) is 7.91. The van der Waals surface area contributed by atoms with E-state index in [9.17, 15) is 14.4 Å². The number of amides is 2. The van der Waals surface area contributed by atoms with Gasteiger partial charge in [-0.05, 0) is 25.5 Å².